The lowest BCUT2D eigenvalue weighted by molar-refractivity contribution is 0.102. The van der Waals surface area contributed by atoms with E-state index in [0.717, 1.165) is 16.6 Å². The average molecular weight is 340 g/mol. The van der Waals surface area contributed by atoms with Crippen LogP contribution in [0.5, 0.6) is 17.2 Å². The number of ether oxygens (including phenoxy) is 3. The number of methoxy groups -OCH3 is 3. The van der Waals surface area contributed by atoms with Gasteiger partial charge in [-0.05, 0) is 25.1 Å². The summed E-state index contributed by atoms with van der Waals surface area (Å²) >= 11 is 0. The van der Waals surface area contributed by atoms with Gasteiger partial charge >= 0.3 is 0 Å². The molecule has 130 valence electrons. The number of aryl methyl sites for hydroxylation is 1. The Labute approximate surface area is 145 Å². The van der Waals surface area contributed by atoms with Crippen LogP contribution < -0.4 is 19.5 Å². The molecule has 3 rings (SSSR count). The van der Waals surface area contributed by atoms with E-state index < -0.39 is 0 Å². The maximum atomic E-state index is 12.6. The number of rotatable bonds is 5. The molecule has 0 spiro atoms. The second-order valence-electron chi connectivity index (χ2n) is 5.61. The van der Waals surface area contributed by atoms with Crippen LogP contribution in [0.3, 0.4) is 0 Å². The minimum absolute atomic E-state index is 0.247. The summed E-state index contributed by atoms with van der Waals surface area (Å²) in [6.07, 6.45) is 0. The van der Waals surface area contributed by atoms with Crippen molar-refractivity contribution >= 4 is 22.5 Å². The summed E-state index contributed by atoms with van der Waals surface area (Å²) in [6, 6.07) is 11.1. The summed E-state index contributed by atoms with van der Waals surface area (Å²) in [5, 5.41) is 3.61. The van der Waals surface area contributed by atoms with Gasteiger partial charge in [-0.15, -0.1) is 0 Å². The van der Waals surface area contributed by atoms with Crippen LogP contribution in [0.15, 0.2) is 36.4 Å². The molecule has 6 heteroatoms. The van der Waals surface area contributed by atoms with Crippen molar-refractivity contribution in [3.63, 3.8) is 0 Å². The Morgan fingerprint density at radius 2 is 1.64 bits per heavy atom. The minimum Gasteiger partial charge on any atom is -0.496 e. The number of benzene rings is 2. The van der Waals surface area contributed by atoms with Crippen LogP contribution >= 0.6 is 0 Å². The smallest absolute Gasteiger partial charge is 0.272 e. The fourth-order valence-electron chi connectivity index (χ4n) is 2.69. The molecule has 25 heavy (non-hydrogen) atoms. The molecule has 0 saturated heterocycles. The number of fused-ring (bicyclic) bond motifs is 1. The number of hydrogen-bond acceptors (Lipinski definition) is 4. The van der Waals surface area contributed by atoms with Crippen molar-refractivity contribution < 1.29 is 19.0 Å². The van der Waals surface area contributed by atoms with Crippen LogP contribution in [0.2, 0.25) is 0 Å². The lowest BCUT2D eigenvalue weighted by Crippen LogP contribution is -2.12. The summed E-state index contributed by atoms with van der Waals surface area (Å²) in [6.45, 7) is 2.00. The molecule has 0 aliphatic rings. The molecule has 6 nitrogen and oxygen atoms in total. The number of anilines is 1. The van der Waals surface area contributed by atoms with Gasteiger partial charge in [-0.2, -0.15) is 0 Å². The molecule has 0 atom stereocenters. The monoisotopic (exact) mass is 340 g/mol. The molecule has 0 unspecified atom stereocenters. The molecular weight excluding hydrogens is 320 g/mol. The average Bonchev–Trinajstić information content (AvgIpc) is 3.07. The van der Waals surface area contributed by atoms with Crippen molar-refractivity contribution in [1.82, 2.24) is 4.98 Å². The van der Waals surface area contributed by atoms with Gasteiger partial charge in [0.2, 0.25) is 0 Å². The van der Waals surface area contributed by atoms with E-state index in [1.165, 1.54) is 0 Å². The SMILES string of the molecule is COc1cc(OC)c2cc(C(=O)Nc3ccc(C)cc3)[nH]c2c1OC. The van der Waals surface area contributed by atoms with Gasteiger partial charge in [-0.25, -0.2) is 0 Å². The highest BCUT2D eigenvalue weighted by Crippen LogP contribution is 2.41. The maximum absolute atomic E-state index is 12.6. The number of carbonyl (C=O) groups excluding carboxylic acids is 1. The zero-order chi connectivity index (χ0) is 18.0. The van der Waals surface area contributed by atoms with E-state index in [4.69, 9.17) is 14.2 Å². The van der Waals surface area contributed by atoms with Gasteiger partial charge in [-0.1, -0.05) is 17.7 Å². The van der Waals surface area contributed by atoms with Gasteiger partial charge in [0, 0.05) is 17.1 Å². The third-order valence-electron chi connectivity index (χ3n) is 3.99. The minimum atomic E-state index is -0.247. The van der Waals surface area contributed by atoms with Crippen molar-refractivity contribution in [3.8, 4) is 17.2 Å². The third kappa shape index (κ3) is 3.10. The summed E-state index contributed by atoms with van der Waals surface area (Å²) in [5.41, 5.74) is 2.91. The molecule has 0 aliphatic carbocycles. The van der Waals surface area contributed by atoms with Crippen molar-refractivity contribution in [2.45, 2.75) is 6.92 Å². The first kappa shape index (κ1) is 16.7. The Balaban J connectivity index is 2.02. The normalized spacial score (nSPS) is 10.6. The quantitative estimate of drug-likeness (QED) is 0.742. The zero-order valence-corrected chi connectivity index (χ0v) is 14.6. The Morgan fingerprint density at radius 3 is 2.24 bits per heavy atom. The lowest BCUT2D eigenvalue weighted by atomic mass is 10.2. The molecule has 0 saturated carbocycles. The second kappa shape index (κ2) is 6.76. The first-order valence-corrected chi connectivity index (χ1v) is 7.77. The van der Waals surface area contributed by atoms with E-state index in [2.05, 4.69) is 10.3 Å². The zero-order valence-electron chi connectivity index (χ0n) is 14.6. The van der Waals surface area contributed by atoms with Crippen LogP contribution in [0.1, 0.15) is 16.1 Å². The number of carbonyl (C=O) groups is 1. The summed E-state index contributed by atoms with van der Waals surface area (Å²) in [7, 11) is 4.67. The molecule has 3 aromatic rings. The van der Waals surface area contributed by atoms with Crippen LogP contribution in [-0.4, -0.2) is 32.2 Å². The Bertz CT molecular complexity index is 913. The molecule has 0 bridgehead atoms. The second-order valence-corrected chi connectivity index (χ2v) is 5.61. The number of nitrogens with one attached hydrogen (secondary N) is 2. The molecule has 0 fully saturated rings. The van der Waals surface area contributed by atoms with Crippen LogP contribution in [0.25, 0.3) is 10.9 Å². The highest BCUT2D eigenvalue weighted by molar-refractivity contribution is 6.07. The summed E-state index contributed by atoms with van der Waals surface area (Å²) < 4.78 is 16.2. The predicted octanol–water partition coefficient (Wildman–Crippen LogP) is 3.75. The van der Waals surface area contributed by atoms with Gasteiger partial charge in [-0.3, -0.25) is 4.79 Å². The molecule has 0 radical (unpaired) electrons. The largest absolute Gasteiger partial charge is 0.496 e. The van der Waals surface area contributed by atoms with Crippen LogP contribution in [0, 0.1) is 6.92 Å². The Hall–Kier alpha value is -3.15. The van der Waals surface area contributed by atoms with Crippen molar-refractivity contribution in [2.24, 2.45) is 0 Å². The van der Waals surface area contributed by atoms with Crippen molar-refractivity contribution in [2.75, 3.05) is 26.6 Å². The fourth-order valence-corrected chi connectivity index (χ4v) is 2.69. The first-order chi connectivity index (χ1) is 12.1. The Kier molecular flexibility index (Phi) is 4.52. The topological polar surface area (TPSA) is 72.6 Å². The van der Waals surface area contributed by atoms with Crippen LogP contribution in [-0.2, 0) is 0 Å². The van der Waals surface area contributed by atoms with E-state index in [0.29, 0.717) is 28.5 Å². The molecule has 1 amide bonds. The molecule has 2 N–H and O–H groups in total. The number of amides is 1. The summed E-state index contributed by atoms with van der Waals surface area (Å²) in [5.74, 6) is 1.40. The molecule has 1 heterocycles. The lowest BCUT2D eigenvalue weighted by Gasteiger charge is -2.11. The maximum Gasteiger partial charge on any atom is 0.272 e. The van der Waals surface area contributed by atoms with E-state index in [1.54, 1.807) is 33.5 Å². The summed E-state index contributed by atoms with van der Waals surface area (Å²) in [4.78, 5) is 15.7. The number of hydrogen-bond donors (Lipinski definition) is 2. The van der Waals surface area contributed by atoms with Gasteiger partial charge in [0.1, 0.15) is 11.4 Å². The number of aromatic amines is 1. The highest BCUT2D eigenvalue weighted by Gasteiger charge is 2.19. The number of H-pyrrole nitrogens is 1. The van der Waals surface area contributed by atoms with Gasteiger partial charge < -0.3 is 24.5 Å². The molecule has 1 aromatic heterocycles. The standard InChI is InChI=1S/C19H20N2O4/c1-11-5-7-12(8-6-11)20-19(22)14-9-13-15(23-2)10-16(24-3)18(25-4)17(13)21-14/h5-10,21H,1-4H3,(H,20,22). The van der Waals surface area contributed by atoms with E-state index in [1.807, 2.05) is 31.2 Å². The van der Waals surface area contributed by atoms with Crippen molar-refractivity contribution in [3.05, 3.63) is 47.7 Å². The van der Waals surface area contributed by atoms with Gasteiger partial charge in [0.05, 0.1) is 26.8 Å². The third-order valence-corrected chi connectivity index (χ3v) is 3.99. The molecule has 0 aliphatic heterocycles. The van der Waals surface area contributed by atoms with Gasteiger partial charge in [0.15, 0.2) is 11.5 Å². The molecule has 2 aromatic carbocycles. The highest BCUT2D eigenvalue weighted by atomic mass is 16.5. The van der Waals surface area contributed by atoms with Crippen LogP contribution in [0.4, 0.5) is 5.69 Å². The van der Waals surface area contributed by atoms with Crippen molar-refractivity contribution in [1.29, 1.82) is 0 Å². The van der Waals surface area contributed by atoms with Gasteiger partial charge in [0.25, 0.3) is 5.91 Å². The first-order valence-electron chi connectivity index (χ1n) is 7.77. The Morgan fingerprint density at radius 1 is 0.960 bits per heavy atom. The van der Waals surface area contributed by atoms with E-state index in [9.17, 15) is 4.79 Å². The van der Waals surface area contributed by atoms with E-state index in [-0.39, 0.29) is 5.91 Å². The van der Waals surface area contributed by atoms with E-state index >= 15 is 0 Å². The molecular formula is C19H20N2O4. The number of aromatic nitrogens is 1. The fraction of sp³-hybridized carbons (Fsp3) is 0.211. The predicted molar refractivity (Wildman–Crippen MR) is 97.1 cm³/mol.